The minimum absolute atomic E-state index is 0.119. The van der Waals surface area contributed by atoms with Gasteiger partial charge in [0, 0.05) is 30.1 Å². The molecule has 0 spiro atoms. The number of amides is 1. The molecule has 0 unspecified atom stereocenters. The molecule has 4 aromatic rings. The van der Waals surface area contributed by atoms with Crippen molar-refractivity contribution < 1.29 is 9.53 Å². The Hall–Kier alpha value is -3.52. The maximum atomic E-state index is 13.3. The summed E-state index contributed by atoms with van der Waals surface area (Å²) < 4.78 is 6.87. The summed E-state index contributed by atoms with van der Waals surface area (Å²) in [7, 11) is 1.58. The lowest BCUT2D eigenvalue weighted by atomic mass is 10.1. The topological polar surface area (TPSA) is 89.0 Å². The Balaban J connectivity index is 1.63. The van der Waals surface area contributed by atoms with Crippen LogP contribution >= 0.6 is 11.8 Å². The Morgan fingerprint density at radius 2 is 2.00 bits per heavy atom. The molecule has 7 nitrogen and oxygen atoms in total. The molecule has 0 aliphatic rings. The number of aromatic nitrogens is 3. The molecule has 0 aliphatic heterocycles. The molecule has 4 rings (SSSR count). The first-order valence-electron chi connectivity index (χ1n) is 10.8. The number of H-pyrrole nitrogens is 1. The standard InChI is InChI=1S/C25H26N4O3S/c1-3-4-13-29-24(31)23-22(20(15-26-23)17-9-6-5-7-10-17)28-25(29)33-16-21(30)27-18-11-8-12-19(14-18)32-2/h5-12,14-15,26H,3-4,13,16H2,1-2H3,(H,27,30). The van der Waals surface area contributed by atoms with E-state index in [-0.39, 0.29) is 17.2 Å². The van der Waals surface area contributed by atoms with Gasteiger partial charge in [-0.15, -0.1) is 0 Å². The number of nitrogens with zero attached hydrogens (tertiary/aromatic N) is 2. The van der Waals surface area contributed by atoms with E-state index >= 15 is 0 Å². The second-order valence-electron chi connectivity index (χ2n) is 7.57. The highest BCUT2D eigenvalue weighted by atomic mass is 32.2. The van der Waals surface area contributed by atoms with Crippen LogP contribution in [-0.2, 0) is 11.3 Å². The van der Waals surface area contributed by atoms with Crippen LogP contribution in [0.25, 0.3) is 22.2 Å². The number of carbonyl (C=O) groups excluding carboxylic acids is 1. The number of thioether (sulfide) groups is 1. The maximum absolute atomic E-state index is 13.3. The average Bonchev–Trinajstić information content (AvgIpc) is 3.27. The van der Waals surface area contributed by atoms with Crippen molar-refractivity contribution >= 4 is 34.4 Å². The number of ether oxygens (including phenoxy) is 1. The zero-order chi connectivity index (χ0) is 23.2. The number of nitrogens with one attached hydrogen (secondary N) is 2. The molecule has 8 heteroatoms. The Morgan fingerprint density at radius 3 is 2.76 bits per heavy atom. The highest BCUT2D eigenvalue weighted by Crippen LogP contribution is 2.28. The van der Waals surface area contributed by atoms with Gasteiger partial charge in [-0.1, -0.05) is 61.5 Å². The second-order valence-corrected chi connectivity index (χ2v) is 8.51. The molecule has 0 aliphatic carbocycles. The molecule has 0 saturated heterocycles. The molecular weight excluding hydrogens is 436 g/mol. The Labute approximate surface area is 196 Å². The predicted octanol–water partition coefficient (Wildman–Crippen LogP) is 4.93. The summed E-state index contributed by atoms with van der Waals surface area (Å²) in [5, 5.41) is 3.41. The number of hydrogen-bond donors (Lipinski definition) is 2. The van der Waals surface area contributed by atoms with Crippen LogP contribution in [0, 0.1) is 0 Å². The van der Waals surface area contributed by atoms with Gasteiger partial charge >= 0.3 is 0 Å². The molecule has 0 atom stereocenters. The van der Waals surface area contributed by atoms with Crippen molar-refractivity contribution in [3.05, 3.63) is 71.1 Å². The number of unbranched alkanes of at least 4 members (excludes halogenated alkanes) is 1. The fraction of sp³-hybridized carbons (Fsp3) is 0.240. The van der Waals surface area contributed by atoms with Crippen LogP contribution in [0.15, 0.2) is 70.7 Å². The lowest BCUT2D eigenvalue weighted by Gasteiger charge is -2.12. The first-order valence-corrected chi connectivity index (χ1v) is 11.8. The minimum atomic E-state index is -0.179. The zero-order valence-corrected chi connectivity index (χ0v) is 19.4. The van der Waals surface area contributed by atoms with E-state index in [2.05, 4.69) is 17.2 Å². The lowest BCUT2D eigenvalue weighted by Crippen LogP contribution is -2.24. The first-order chi connectivity index (χ1) is 16.1. The van der Waals surface area contributed by atoms with Crippen molar-refractivity contribution in [1.29, 1.82) is 0 Å². The quantitative estimate of drug-likeness (QED) is 0.272. The number of aromatic amines is 1. The van der Waals surface area contributed by atoms with Crippen molar-refractivity contribution in [3.63, 3.8) is 0 Å². The number of fused-ring (bicyclic) bond motifs is 1. The van der Waals surface area contributed by atoms with Crippen LogP contribution in [0.3, 0.4) is 0 Å². The van der Waals surface area contributed by atoms with Crippen LogP contribution < -0.4 is 15.6 Å². The zero-order valence-electron chi connectivity index (χ0n) is 18.6. The highest BCUT2D eigenvalue weighted by molar-refractivity contribution is 7.99. The van der Waals surface area contributed by atoms with Gasteiger partial charge in [0.15, 0.2) is 5.16 Å². The normalized spacial score (nSPS) is 11.0. The molecule has 2 aromatic heterocycles. The molecule has 0 radical (unpaired) electrons. The van der Waals surface area contributed by atoms with Gasteiger partial charge in [0.05, 0.1) is 12.9 Å². The highest BCUT2D eigenvalue weighted by Gasteiger charge is 2.17. The van der Waals surface area contributed by atoms with Crippen LogP contribution in [0.5, 0.6) is 5.75 Å². The van der Waals surface area contributed by atoms with Gasteiger partial charge in [0.2, 0.25) is 5.91 Å². The number of hydrogen-bond acceptors (Lipinski definition) is 5. The molecule has 1 amide bonds. The van der Waals surface area contributed by atoms with Crippen LogP contribution in [0.1, 0.15) is 19.8 Å². The SMILES string of the molecule is CCCCn1c(SCC(=O)Nc2cccc(OC)c2)nc2c(-c3ccccc3)c[nH]c2c1=O. The summed E-state index contributed by atoms with van der Waals surface area (Å²) in [5.41, 5.74) is 3.49. The largest absolute Gasteiger partial charge is 0.497 e. The summed E-state index contributed by atoms with van der Waals surface area (Å²) in [4.78, 5) is 33.8. The summed E-state index contributed by atoms with van der Waals surface area (Å²) in [6.07, 6.45) is 3.62. The van der Waals surface area contributed by atoms with Crippen molar-refractivity contribution in [3.8, 4) is 16.9 Å². The van der Waals surface area contributed by atoms with Crippen molar-refractivity contribution in [2.75, 3.05) is 18.2 Å². The van der Waals surface area contributed by atoms with Crippen LogP contribution in [-0.4, -0.2) is 33.3 Å². The van der Waals surface area contributed by atoms with Gasteiger partial charge in [-0.2, -0.15) is 0 Å². The third-order valence-electron chi connectivity index (χ3n) is 5.26. The van der Waals surface area contributed by atoms with E-state index in [1.807, 2.05) is 48.7 Å². The number of benzene rings is 2. The van der Waals surface area contributed by atoms with E-state index in [1.165, 1.54) is 11.8 Å². The number of anilines is 1. The molecule has 170 valence electrons. The molecule has 2 aromatic carbocycles. The van der Waals surface area contributed by atoms with Gasteiger partial charge in [-0.3, -0.25) is 14.2 Å². The number of methoxy groups -OCH3 is 1. The van der Waals surface area contributed by atoms with Crippen molar-refractivity contribution in [2.24, 2.45) is 0 Å². The number of carbonyl (C=O) groups is 1. The van der Waals surface area contributed by atoms with Crippen molar-refractivity contribution in [2.45, 2.75) is 31.5 Å². The summed E-state index contributed by atoms with van der Waals surface area (Å²) in [6, 6.07) is 17.0. The number of rotatable bonds is 9. The van der Waals surface area contributed by atoms with Crippen LogP contribution in [0.2, 0.25) is 0 Å². The Bertz CT molecular complexity index is 1310. The first kappa shape index (κ1) is 22.7. The third kappa shape index (κ3) is 5.12. The third-order valence-corrected chi connectivity index (χ3v) is 6.23. The molecule has 0 saturated carbocycles. The monoisotopic (exact) mass is 462 g/mol. The predicted molar refractivity (Wildman–Crippen MR) is 133 cm³/mol. The molecular formula is C25H26N4O3S. The van der Waals surface area contributed by atoms with Gasteiger partial charge in [-0.25, -0.2) is 4.98 Å². The molecule has 33 heavy (non-hydrogen) atoms. The van der Waals surface area contributed by atoms with Gasteiger partial charge < -0.3 is 15.0 Å². The average molecular weight is 463 g/mol. The summed E-state index contributed by atoms with van der Waals surface area (Å²) in [5.74, 6) is 0.621. The summed E-state index contributed by atoms with van der Waals surface area (Å²) in [6.45, 7) is 2.63. The molecule has 0 fully saturated rings. The van der Waals surface area contributed by atoms with E-state index in [4.69, 9.17) is 9.72 Å². The van der Waals surface area contributed by atoms with E-state index in [0.29, 0.717) is 34.2 Å². The van der Waals surface area contributed by atoms with E-state index < -0.39 is 0 Å². The van der Waals surface area contributed by atoms with Gasteiger partial charge in [-0.05, 0) is 24.1 Å². The van der Waals surface area contributed by atoms with E-state index in [9.17, 15) is 9.59 Å². The molecule has 2 heterocycles. The van der Waals surface area contributed by atoms with E-state index in [0.717, 1.165) is 24.0 Å². The Morgan fingerprint density at radius 1 is 1.18 bits per heavy atom. The molecule has 2 N–H and O–H groups in total. The molecule has 0 bridgehead atoms. The Kier molecular flexibility index (Phi) is 7.14. The maximum Gasteiger partial charge on any atom is 0.278 e. The fourth-order valence-electron chi connectivity index (χ4n) is 3.56. The minimum Gasteiger partial charge on any atom is -0.497 e. The van der Waals surface area contributed by atoms with Gasteiger partial charge in [0.25, 0.3) is 5.56 Å². The lowest BCUT2D eigenvalue weighted by molar-refractivity contribution is -0.113. The van der Waals surface area contributed by atoms with E-state index in [1.54, 1.807) is 23.8 Å². The van der Waals surface area contributed by atoms with Crippen LogP contribution in [0.4, 0.5) is 5.69 Å². The fourth-order valence-corrected chi connectivity index (χ4v) is 4.38. The van der Waals surface area contributed by atoms with Crippen molar-refractivity contribution in [1.82, 2.24) is 14.5 Å². The smallest absolute Gasteiger partial charge is 0.278 e. The summed E-state index contributed by atoms with van der Waals surface area (Å²) >= 11 is 1.27. The van der Waals surface area contributed by atoms with Gasteiger partial charge in [0.1, 0.15) is 16.8 Å². The second kappa shape index (κ2) is 10.4.